The van der Waals surface area contributed by atoms with Gasteiger partial charge in [0.2, 0.25) is 0 Å². The van der Waals surface area contributed by atoms with Gasteiger partial charge in [-0.25, -0.2) is 5.43 Å². The summed E-state index contributed by atoms with van der Waals surface area (Å²) in [5.41, 5.74) is 5.21. The van der Waals surface area contributed by atoms with Gasteiger partial charge in [0.15, 0.2) is 6.29 Å². The van der Waals surface area contributed by atoms with E-state index in [-0.39, 0.29) is 12.3 Å². The summed E-state index contributed by atoms with van der Waals surface area (Å²) in [6.45, 7) is 7.26. The van der Waals surface area contributed by atoms with Gasteiger partial charge in [0.05, 0.1) is 6.04 Å². The average molecular weight is 266 g/mol. The van der Waals surface area contributed by atoms with E-state index in [2.05, 4.69) is 36.6 Å². The molecular formula is C15H26N2O2. The molecule has 0 saturated carbocycles. The molecule has 19 heavy (non-hydrogen) atoms. The molecule has 108 valence electrons. The Kier molecular flexibility index (Phi) is 7.67. The van der Waals surface area contributed by atoms with E-state index < -0.39 is 0 Å². The van der Waals surface area contributed by atoms with Crippen molar-refractivity contribution in [3.63, 3.8) is 0 Å². The Balaban J connectivity index is 2.81. The standard InChI is InChI=1S/C15H26N2O2/c1-4-7-12-8-10-13(11-9-12)14(17-16)15(18-5-2)19-6-3/h8-11,14-15,17H,4-7,16H2,1-3H3. The van der Waals surface area contributed by atoms with Crippen molar-refractivity contribution in [2.45, 2.75) is 45.9 Å². The Morgan fingerprint density at radius 3 is 2.05 bits per heavy atom. The van der Waals surface area contributed by atoms with Crippen molar-refractivity contribution in [3.05, 3.63) is 35.4 Å². The number of hydrogen-bond acceptors (Lipinski definition) is 4. The smallest absolute Gasteiger partial charge is 0.178 e. The minimum atomic E-state index is -0.364. The third-order valence-corrected chi connectivity index (χ3v) is 2.99. The van der Waals surface area contributed by atoms with Gasteiger partial charge in [0.25, 0.3) is 0 Å². The number of benzene rings is 1. The number of hydrazine groups is 1. The fraction of sp³-hybridized carbons (Fsp3) is 0.600. The number of rotatable bonds is 9. The molecule has 1 atom stereocenters. The first-order valence-electron chi connectivity index (χ1n) is 7.04. The first-order chi connectivity index (χ1) is 9.26. The second-order valence-corrected chi connectivity index (χ2v) is 4.41. The zero-order valence-corrected chi connectivity index (χ0v) is 12.2. The van der Waals surface area contributed by atoms with Gasteiger partial charge in [-0.05, 0) is 31.4 Å². The summed E-state index contributed by atoms with van der Waals surface area (Å²) in [5, 5.41) is 0. The molecule has 1 aromatic rings. The normalized spacial score (nSPS) is 12.9. The Labute approximate surface area is 116 Å². The van der Waals surface area contributed by atoms with Crippen LogP contribution in [0.15, 0.2) is 24.3 Å². The van der Waals surface area contributed by atoms with Crippen LogP contribution in [0.1, 0.15) is 44.4 Å². The van der Waals surface area contributed by atoms with Crippen molar-refractivity contribution >= 4 is 0 Å². The van der Waals surface area contributed by atoms with Crippen LogP contribution in [0.3, 0.4) is 0 Å². The third kappa shape index (κ3) is 4.91. The highest BCUT2D eigenvalue weighted by molar-refractivity contribution is 5.25. The molecule has 0 bridgehead atoms. The monoisotopic (exact) mass is 266 g/mol. The van der Waals surface area contributed by atoms with Gasteiger partial charge in [-0.3, -0.25) is 5.84 Å². The Bertz CT molecular complexity index is 335. The maximum atomic E-state index is 5.65. The Morgan fingerprint density at radius 1 is 1.05 bits per heavy atom. The zero-order valence-electron chi connectivity index (χ0n) is 12.2. The van der Waals surface area contributed by atoms with Crippen molar-refractivity contribution in [2.24, 2.45) is 5.84 Å². The molecule has 0 amide bonds. The topological polar surface area (TPSA) is 56.5 Å². The van der Waals surface area contributed by atoms with Crippen LogP contribution in [0, 0.1) is 0 Å². The van der Waals surface area contributed by atoms with E-state index in [4.69, 9.17) is 15.3 Å². The predicted molar refractivity (Wildman–Crippen MR) is 77.5 cm³/mol. The van der Waals surface area contributed by atoms with Crippen LogP contribution in [0.4, 0.5) is 0 Å². The minimum absolute atomic E-state index is 0.157. The summed E-state index contributed by atoms with van der Waals surface area (Å²) in [6, 6.07) is 8.28. The molecule has 0 aliphatic carbocycles. The molecule has 0 spiro atoms. The van der Waals surface area contributed by atoms with Gasteiger partial charge >= 0.3 is 0 Å². The SMILES string of the molecule is CCCc1ccc(C(NN)C(OCC)OCC)cc1. The summed E-state index contributed by atoms with van der Waals surface area (Å²) in [4.78, 5) is 0. The molecule has 0 heterocycles. The van der Waals surface area contributed by atoms with Crippen molar-refractivity contribution in [2.75, 3.05) is 13.2 Å². The van der Waals surface area contributed by atoms with E-state index in [0.717, 1.165) is 18.4 Å². The molecule has 3 N–H and O–H groups in total. The predicted octanol–water partition coefficient (Wildman–Crippen LogP) is 2.54. The van der Waals surface area contributed by atoms with Crippen LogP contribution in [0.2, 0.25) is 0 Å². The molecule has 4 nitrogen and oxygen atoms in total. The maximum absolute atomic E-state index is 5.65. The van der Waals surface area contributed by atoms with Gasteiger partial charge in [0.1, 0.15) is 0 Å². The van der Waals surface area contributed by atoms with E-state index in [0.29, 0.717) is 13.2 Å². The van der Waals surface area contributed by atoms with Crippen LogP contribution >= 0.6 is 0 Å². The lowest BCUT2D eigenvalue weighted by Crippen LogP contribution is -2.39. The molecule has 4 heteroatoms. The van der Waals surface area contributed by atoms with Crippen LogP contribution < -0.4 is 11.3 Å². The van der Waals surface area contributed by atoms with E-state index in [1.165, 1.54) is 5.56 Å². The molecule has 0 saturated heterocycles. The number of hydrogen-bond donors (Lipinski definition) is 2. The van der Waals surface area contributed by atoms with Crippen LogP contribution in [0.25, 0.3) is 0 Å². The van der Waals surface area contributed by atoms with Gasteiger partial charge in [-0.1, -0.05) is 37.6 Å². The van der Waals surface area contributed by atoms with Crippen molar-refractivity contribution in [1.29, 1.82) is 0 Å². The molecule has 1 rings (SSSR count). The fourth-order valence-electron chi connectivity index (χ4n) is 2.08. The lowest BCUT2D eigenvalue weighted by Gasteiger charge is -2.26. The highest BCUT2D eigenvalue weighted by atomic mass is 16.7. The lowest BCUT2D eigenvalue weighted by molar-refractivity contribution is -0.155. The second-order valence-electron chi connectivity index (χ2n) is 4.41. The fourth-order valence-corrected chi connectivity index (χ4v) is 2.08. The molecule has 1 aromatic carbocycles. The van der Waals surface area contributed by atoms with Crippen LogP contribution in [-0.4, -0.2) is 19.5 Å². The molecule has 0 aliphatic rings. The van der Waals surface area contributed by atoms with Crippen molar-refractivity contribution in [1.82, 2.24) is 5.43 Å². The van der Waals surface area contributed by atoms with Gasteiger partial charge in [-0.2, -0.15) is 0 Å². The van der Waals surface area contributed by atoms with E-state index >= 15 is 0 Å². The lowest BCUT2D eigenvalue weighted by atomic mass is 10.0. The zero-order chi connectivity index (χ0) is 14.1. The largest absolute Gasteiger partial charge is 0.351 e. The van der Waals surface area contributed by atoms with Crippen molar-refractivity contribution in [3.8, 4) is 0 Å². The number of aryl methyl sites for hydroxylation is 1. The van der Waals surface area contributed by atoms with Gasteiger partial charge in [-0.15, -0.1) is 0 Å². The Morgan fingerprint density at radius 2 is 1.63 bits per heavy atom. The number of nitrogens with two attached hydrogens (primary N) is 1. The molecule has 0 radical (unpaired) electrons. The third-order valence-electron chi connectivity index (χ3n) is 2.99. The van der Waals surface area contributed by atoms with Gasteiger partial charge < -0.3 is 9.47 Å². The molecule has 0 fully saturated rings. The molecule has 1 unspecified atom stereocenters. The highest BCUT2D eigenvalue weighted by Crippen LogP contribution is 2.20. The number of ether oxygens (including phenoxy) is 2. The Hall–Kier alpha value is -0.940. The summed E-state index contributed by atoms with van der Waals surface area (Å²) < 4.78 is 11.2. The summed E-state index contributed by atoms with van der Waals surface area (Å²) in [6.07, 6.45) is 1.89. The van der Waals surface area contributed by atoms with E-state index in [1.54, 1.807) is 0 Å². The first kappa shape index (κ1) is 16.1. The van der Waals surface area contributed by atoms with E-state index in [9.17, 15) is 0 Å². The van der Waals surface area contributed by atoms with Crippen LogP contribution in [-0.2, 0) is 15.9 Å². The highest BCUT2D eigenvalue weighted by Gasteiger charge is 2.22. The van der Waals surface area contributed by atoms with E-state index in [1.807, 2.05) is 13.8 Å². The average Bonchev–Trinajstić information content (AvgIpc) is 2.42. The van der Waals surface area contributed by atoms with Crippen molar-refractivity contribution < 1.29 is 9.47 Å². The first-order valence-corrected chi connectivity index (χ1v) is 7.04. The second kappa shape index (κ2) is 9.04. The maximum Gasteiger partial charge on any atom is 0.178 e. The summed E-state index contributed by atoms with van der Waals surface area (Å²) in [5.74, 6) is 5.65. The van der Waals surface area contributed by atoms with Crippen LogP contribution in [0.5, 0.6) is 0 Å². The molecular weight excluding hydrogens is 240 g/mol. The summed E-state index contributed by atoms with van der Waals surface area (Å²) >= 11 is 0. The van der Waals surface area contributed by atoms with Gasteiger partial charge in [0, 0.05) is 13.2 Å². The molecule has 0 aromatic heterocycles. The molecule has 0 aliphatic heterocycles. The summed E-state index contributed by atoms with van der Waals surface area (Å²) in [7, 11) is 0. The minimum Gasteiger partial charge on any atom is -0.351 e. The quantitative estimate of drug-likeness (QED) is 0.410. The number of nitrogens with one attached hydrogen (secondary N) is 1.